The molecule has 1 aromatic carbocycles. The first kappa shape index (κ1) is 16.3. The fourth-order valence-corrected chi connectivity index (χ4v) is 2.96. The summed E-state index contributed by atoms with van der Waals surface area (Å²) in [7, 11) is 0. The van der Waals surface area contributed by atoms with Crippen LogP contribution in [0.4, 0.5) is 0 Å². The Bertz CT molecular complexity index is 439. The predicted octanol–water partition coefficient (Wildman–Crippen LogP) is 3.36. The molecular weight excluding hydrogens is 262 g/mol. The first-order valence-corrected chi connectivity index (χ1v) is 8.23. The summed E-state index contributed by atoms with van der Waals surface area (Å²) >= 11 is 0. The normalized spacial score (nSPS) is 16.1. The Hall–Kier alpha value is -1.06. The van der Waals surface area contributed by atoms with Crippen molar-refractivity contribution in [3.8, 4) is 5.75 Å². The van der Waals surface area contributed by atoms with Crippen LogP contribution in [0.2, 0.25) is 0 Å². The largest absolute Gasteiger partial charge is 0.493 e. The van der Waals surface area contributed by atoms with E-state index in [4.69, 9.17) is 9.47 Å². The van der Waals surface area contributed by atoms with Gasteiger partial charge in [-0.2, -0.15) is 0 Å². The zero-order valence-electron chi connectivity index (χ0n) is 13.8. The van der Waals surface area contributed by atoms with Gasteiger partial charge in [0.25, 0.3) is 0 Å². The molecule has 118 valence electrons. The molecule has 0 aliphatic carbocycles. The van der Waals surface area contributed by atoms with Gasteiger partial charge in [-0.15, -0.1) is 0 Å². The van der Waals surface area contributed by atoms with Gasteiger partial charge in [-0.3, -0.25) is 4.90 Å². The first-order chi connectivity index (χ1) is 10.2. The number of morpholine rings is 1. The molecule has 1 heterocycles. The Morgan fingerprint density at radius 1 is 1.19 bits per heavy atom. The number of aryl methyl sites for hydroxylation is 3. The lowest BCUT2D eigenvalue weighted by molar-refractivity contribution is 0.0374. The Morgan fingerprint density at radius 3 is 2.67 bits per heavy atom. The van der Waals surface area contributed by atoms with Crippen molar-refractivity contribution in [1.82, 2.24) is 4.90 Å². The minimum absolute atomic E-state index is 0.806. The number of rotatable bonds is 7. The number of hydrogen-bond donors (Lipinski definition) is 0. The topological polar surface area (TPSA) is 21.7 Å². The lowest BCUT2D eigenvalue weighted by Crippen LogP contribution is -2.36. The third-order valence-corrected chi connectivity index (χ3v) is 3.97. The van der Waals surface area contributed by atoms with Crippen molar-refractivity contribution in [2.24, 2.45) is 0 Å². The van der Waals surface area contributed by atoms with Gasteiger partial charge < -0.3 is 9.47 Å². The average Bonchev–Trinajstić information content (AvgIpc) is 2.47. The molecule has 21 heavy (non-hydrogen) atoms. The second-order valence-corrected chi connectivity index (χ2v) is 5.98. The van der Waals surface area contributed by atoms with E-state index in [1.165, 1.54) is 23.1 Å². The van der Waals surface area contributed by atoms with Crippen molar-refractivity contribution in [3.63, 3.8) is 0 Å². The van der Waals surface area contributed by atoms with Crippen molar-refractivity contribution in [3.05, 3.63) is 28.8 Å². The van der Waals surface area contributed by atoms with Crippen LogP contribution in [0, 0.1) is 13.8 Å². The fourth-order valence-electron chi connectivity index (χ4n) is 2.96. The number of ether oxygens (including phenoxy) is 2. The molecule has 3 heteroatoms. The molecule has 1 saturated heterocycles. The Balaban J connectivity index is 1.93. The molecule has 1 aliphatic rings. The van der Waals surface area contributed by atoms with E-state index in [2.05, 4.69) is 37.8 Å². The van der Waals surface area contributed by atoms with Crippen LogP contribution in [-0.2, 0) is 11.2 Å². The molecule has 0 spiro atoms. The summed E-state index contributed by atoms with van der Waals surface area (Å²) in [5.41, 5.74) is 3.97. The van der Waals surface area contributed by atoms with Gasteiger partial charge >= 0.3 is 0 Å². The molecule has 0 N–H and O–H groups in total. The standard InChI is InChI=1S/C18H29NO2/c1-4-10-21-18-16(3)13-15(2)14-17(18)6-5-7-19-8-11-20-12-9-19/h13-14H,4-12H2,1-3H3. The van der Waals surface area contributed by atoms with Gasteiger partial charge in [-0.05, 0) is 50.8 Å². The minimum atomic E-state index is 0.806. The summed E-state index contributed by atoms with van der Waals surface area (Å²) in [6.45, 7) is 12.4. The highest BCUT2D eigenvalue weighted by Crippen LogP contribution is 2.27. The molecule has 0 amide bonds. The summed E-state index contributed by atoms with van der Waals surface area (Å²) < 4.78 is 11.4. The maximum atomic E-state index is 5.98. The number of hydrogen-bond acceptors (Lipinski definition) is 3. The Labute approximate surface area is 129 Å². The van der Waals surface area contributed by atoms with Gasteiger partial charge in [-0.1, -0.05) is 24.6 Å². The van der Waals surface area contributed by atoms with E-state index in [1.54, 1.807) is 0 Å². The number of nitrogens with zero attached hydrogens (tertiary/aromatic N) is 1. The summed E-state index contributed by atoms with van der Waals surface area (Å²) in [4.78, 5) is 2.50. The van der Waals surface area contributed by atoms with Crippen LogP contribution >= 0.6 is 0 Å². The van der Waals surface area contributed by atoms with Crippen LogP contribution in [0.25, 0.3) is 0 Å². The van der Waals surface area contributed by atoms with Crippen molar-refractivity contribution in [2.45, 2.75) is 40.0 Å². The summed E-state index contributed by atoms with van der Waals surface area (Å²) in [5.74, 6) is 1.12. The van der Waals surface area contributed by atoms with Crippen molar-refractivity contribution >= 4 is 0 Å². The summed E-state index contributed by atoms with van der Waals surface area (Å²) in [6, 6.07) is 4.51. The minimum Gasteiger partial charge on any atom is -0.493 e. The second-order valence-electron chi connectivity index (χ2n) is 5.98. The molecule has 2 rings (SSSR count). The molecule has 0 unspecified atom stereocenters. The third kappa shape index (κ3) is 5.01. The first-order valence-electron chi connectivity index (χ1n) is 8.23. The molecule has 1 aromatic rings. The van der Waals surface area contributed by atoms with Gasteiger partial charge in [0.15, 0.2) is 0 Å². The summed E-state index contributed by atoms with van der Waals surface area (Å²) in [6.07, 6.45) is 3.34. The molecular formula is C18H29NO2. The van der Waals surface area contributed by atoms with Crippen molar-refractivity contribution in [2.75, 3.05) is 39.5 Å². The van der Waals surface area contributed by atoms with Crippen LogP contribution in [0.15, 0.2) is 12.1 Å². The van der Waals surface area contributed by atoms with E-state index in [0.717, 1.165) is 58.0 Å². The quantitative estimate of drug-likeness (QED) is 0.769. The van der Waals surface area contributed by atoms with E-state index >= 15 is 0 Å². The van der Waals surface area contributed by atoms with Gasteiger partial charge in [0.05, 0.1) is 19.8 Å². The van der Waals surface area contributed by atoms with Crippen LogP contribution in [0.3, 0.4) is 0 Å². The van der Waals surface area contributed by atoms with E-state index in [0.29, 0.717) is 0 Å². The number of benzene rings is 1. The van der Waals surface area contributed by atoms with E-state index in [1.807, 2.05) is 0 Å². The zero-order valence-corrected chi connectivity index (χ0v) is 13.8. The predicted molar refractivity (Wildman–Crippen MR) is 87.3 cm³/mol. The van der Waals surface area contributed by atoms with Gasteiger partial charge in [0.2, 0.25) is 0 Å². The highest BCUT2D eigenvalue weighted by molar-refractivity contribution is 5.44. The molecule has 1 fully saturated rings. The molecule has 0 aromatic heterocycles. The van der Waals surface area contributed by atoms with Crippen LogP contribution in [-0.4, -0.2) is 44.4 Å². The monoisotopic (exact) mass is 291 g/mol. The summed E-state index contributed by atoms with van der Waals surface area (Å²) in [5, 5.41) is 0. The maximum Gasteiger partial charge on any atom is 0.125 e. The molecule has 0 radical (unpaired) electrons. The van der Waals surface area contributed by atoms with Crippen molar-refractivity contribution < 1.29 is 9.47 Å². The fraction of sp³-hybridized carbons (Fsp3) is 0.667. The molecule has 0 saturated carbocycles. The van der Waals surface area contributed by atoms with Crippen LogP contribution in [0.1, 0.15) is 36.5 Å². The third-order valence-electron chi connectivity index (χ3n) is 3.97. The Morgan fingerprint density at radius 2 is 1.95 bits per heavy atom. The van der Waals surface area contributed by atoms with E-state index in [9.17, 15) is 0 Å². The Kier molecular flexibility index (Phi) is 6.52. The molecule has 3 nitrogen and oxygen atoms in total. The molecule has 1 aliphatic heterocycles. The lowest BCUT2D eigenvalue weighted by Gasteiger charge is -2.26. The highest BCUT2D eigenvalue weighted by atomic mass is 16.5. The lowest BCUT2D eigenvalue weighted by atomic mass is 10.0. The second kappa shape index (κ2) is 8.40. The van der Waals surface area contributed by atoms with E-state index < -0.39 is 0 Å². The van der Waals surface area contributed by atoms with Crippen molar-refractivity contribution in [1.29, 1.82) is 0 Å². The average molecular weight is 291 g/mol. The zero-order chi connectivity index (χ0) is 15.1. The molecule has 0 bridgehead atoms. The SMILES string of the molecule is CCCOc1c(C)cc(C)cc1CCCN1CCOCC1. The van der Waals surface area contributed by atoms with Gasteiger partial charge in [-0.25, -0.2) is 0 Å². The van der Waals surface area contributed by atoms with Crippen LogP contribution in [0.5, 0.6) is 5.75 Å². The van der Waals surface area contributed by atoms with Gasteiger partial charge in [0.1, 0.15) is 5.75 Å². The van der Waals surface area contributed by atoms with Gasteiger partial charge in [0, 0.05) is 13.1 Å². The highest BCUT2D eigenvalue weighted by Gasteiger charge is 2.12. The maximum absolute atomic E-state index is 5.98. The molecule has 0 atom stereocenters. The van der Waals surface area contributed by atoms with E-state index in [-0.39, 0.29) is 0 Å². The smallest absolute Gasteiger partial charge is 0.125 e. The van der Waals surface area contributed by atoms with Crippen LogP contribution < -0.4 is 4.74 Å².